The van der Waals surface area contributed by atoms with Gasteiger partial charge in [-0.1, -0.05) is 13.0 Å². The second kappa shape index (κ2) is 5.71. The van der Waals surface area contributed by atoms with Gasteiger partial charge in [0.2, 0.25) is 0 Å². The maximum atomic E-state index is 11.3. The van der Waals surface area contributed by atoms with Crippen molar-refractivity contribution in [2.45, 2.75) is 13.3 Å². The highest BCUT2D eigenvalue weighted by Gasteiger charge is 2.18. The Morgan fingerprint density at radius 2 is 2.32 bits per heavy atom. The number of nitrogens with zero attached hydrogens (tertiary/aromatic N) is 2. The molecule has 0 spiro atoms. The molecule has 102 valence electrons. The number of aromatic carboxylic acids is 1. The summed E-state index contributed by atoms with van der Waals surface area (Å²) >= 11 is 0. The predicted octanol–water partition coefficient (Wildman–Crippen LogP) is 1.46. The number of rotatable bonds is 6. The zero-order valence-corrected chi connectivity index (χ0v) is 10.7. The molecule has 0 amide bonds. The van der Waals surface area contributed by atoms with Gasteiger partial charge < -0.3 is 15.5 Å². The number of imidazole rings is 1. The molecule has 0 fully saturated rings. The molecule has 2 heterocycles. The van der Waals surface area contributed by atoms with Crippen molar-refractivity contribution < 1.29 is 15.0 Å². The molecule has 19 heavy (non-hydrogen) atoms. The van der Waals surface area contributed by atoms with Crippen molar-refractivity contribution >= 4 is 17.4 Å². The minimum Gasteiger partial charge on any atom is -0.476 e. The highest BCUT2D eigenvalue weighted by molar-refractivity contribution is 5.92. The van der Waals surface area contributed by atoms with Crippen LogP contribution in [0.4, 0.5) is 5.82 Å². The molecular formula is C13H17N3O3. The van der Waals surface area contributed by atoms with E-state index in [2.05, 4.69) is 10.3 Å². The van der Waals surface area contributed by atoms with E-state index in [1.807, 2.05) is 13.0 Å². The standard InChI is InChI=1S/C13H17N3O3/c1-9(5-7-17)8-14-12-11(13(18)19)16-6-3-2-4-10(16)15-12/h2-4,6,9,14,17H,5,7-8H2,1H3,(H,18,19). The Hall–Kier alpha value is -2.08. The molecule has 1 atom stereocenters. The summed E-state index contributed by atoms with van der Waals surface area (Å²) in [6.07, 6.45) is 2.34. The summed E-state index contributed by atoms with van der Waals surface area (Å²) in [6, 6.07) is 5.33. The first-order valence-electron chi connectivity index (χ1n) is 6.18. The summed E-state index contributed by atoms with van der Waals surface area (Å²) < 4.78 is 1.54. The lowest BCUT2D eigenvalue weighted by molar-refractivity contribution is 0.0690. The third kappa shape index (κ3) is 2.85. The molecule has 1 unspecified atom stereocenters. The molecule has 6 heteroatoms. The van der Waals surface area contributed by atoms with Gasteiger partial charge in [-0.05, 0) is 24.5 Å². The number of hydrogen-bond donors (Lipinski definition) is 3. The molecule has 0 saturated carbocycles. The van der Waals surface area contributed by atoms with Crippen LogP contribution in [0.5, 0.6) is 0 Å². The maximum Gasteiger partial charge on any atom is 0.356 e. The Bertz CT molecular complexity index is 580. The van der Waals surface area contributed by atoms with Crippen LogP contribution in [-0.2, 0) is 0 Å². The second-order valence-corrected chi connectivity index (χ2v) is 4.54. The van der Waals surface area contributed by atoms with Crippen LogP contribution in [-0.4, -0.2) is 38.7 Å². The van der Waals surface area contributed by atoms with Crippen molar-refractivity contribution in [2.75, 3.05) is 18.5 Å². The fraction of sp³-hybridized carbons (Fsp3) is 0.385. The third-order valence-electron chi connectivity index (χ3n) is 2.97. The zero-order valence-electron chi connectivity index (χ0n) is 10.7. The lowest BCUT2D eigenvalue weighted by Gasteiger charge is -2.10. The van der Waals surface area contributed by atoms with E-state index in [9.17, 15) is 9.90 Å². The predicted molar refractivity (Wildman–Crippen MR) is 71.5 cm³/mol. The fourth-order valence-corrected chi connectivity index (χ4v) is 1.92. The Balaban J connectivity index is 2.27. The quantitative estimate of drug-likeness (QED) is 0.734. The number of hydrogen-bond acceptors (Lipinski definition) is 4. The van der Waals surface area contributed by atoms with Gasteiger partial charge in [-0.3, -0.25) is 4.40 Å². The van der Waals surface area contributed by atoms with E-state index in [1.165, 1.54) is 0 Å². The molecular weight excluding hydrogens is 246 g/mol. The average molecular weight is 263 g/mol. The number of carboxylic acids is 1. The van der Waals surface area contributed by atoms with E-state index < -0.39 is 5.97 Å². The first-order valence-corrected chi connectivity index (χ1v) is 6.18. The average Bonchev–Trinajstić information content (AvgIpc) is 2.75. The van der Waals surface area contributed by atoms with Crippen molar-refractivity contribution in [3.8, 4) is 0 Å². The van der Waals surface area contributed by atoms with Crippen LogP contribution in [0.2, 0.25) is 0 Å². The maximum absolute atomic E-state index is 11.3. The van der Waals surface area contributed by atoms with Crippen molar-refractivity contribution in [2.24, 2.45) is 5.92 Å². The lowest BCUT2D eigenvalue weighted by atomic mass is 10.1. The van der Waals surface area contributed by atoms with Crippen molar-refractivity contribution in [3.05, 3.63) is 30.1 Å². The summed E-state index contributed by atoms with van der Waals surface area (Å²) in [5.74, 6) is -0.407. The van der Waals surface area contributed by atoms with E-state index >= 15 is 0 Å². The van der Waals surface area contributed by atoms with Crippen molar-refractivity contribution in [3.63, 3.8) is 0 Å². The summed E-state index contributed by atoms with van der Waals surface area (Å²) in [7, 11) is 0. The summed E-state index contributed by atoms with van der Waals surface area (Å²) in [5, 5.41) is 21.2. The highest BCUT2D eigenvalue weighted by atomic mass is 16.4. The Kier molecular flexibility index (Phi) is 4.01. The number of nitrogens with one attached hydrogen (secondary N) is 1. The van der Waals surface area contributed by atoms with Crippen LogP contribution in [0.25, 0.3) is 5.65 Å². The van der Waals surface area contributed by atoms with E-state index in [1.54, 1.807) is 22.7 Å². The molecule has 0 radical (unpaired) electrons. The highest BCUT2D eigenvalue weighted by Crippen LogP contribution is 2.18. The Morgan fingerprint density at radius 3 is 3.00 bits per heavy atom. The molecule has 0 aliphatic rings. The monoisotopic (exact) mass is 263 g/mol. The minimum atomic E-state index is -1.02. The third-order valence-corrected chi connectivity index (χ3v) is 2.97. The zero-order chi connectivity index (χ0) is 13.8. The molecule has 0 bridgehead atoms. The largest absolute Gasteiger partial charge is 0.476 e. The molecule has 6 nitrogen and oxygen atoms in total. The smallest absolute Gasteiger partial charge is 0.356 e. The summed E-state index contributed by atoms with van der Waals surface area (Å²) in [6.45, 7) is 2.68. The topological polar surface area (TPSA) is 86.9 Å². The van der Waals surface area contributed by atoms with E-state index in [0.29, 0.717) is 24.4 Å². The van der Waals surface area contributed by atoms with Gasteiger partial charge in [0.25, 0.3) is 0 Å². The number of aliphatic hydroxyl groups excluding tert-OH is 1. The number of aliphatic hydroxyl groups is 1. The van der Waals surface area contributed by atoms with Crippen LogP contribution in [0.1, 0.15) is 23.8 Å². The second-order valence-electron chi connectivity index (χ2n) is 4.54. The van der Waals surface area contributed by atoms with Crippen LogP contribution in [0, 0.1) is 5.92 Å². The van der Waals surface area contributed by atoms with Gasteiger partial charge >= 0.3 is 5.97 Å². The number of carboxylic acid groups (broad SMARTS) is 1. The normalized spacial score (nSPS) is 12.5. The van der Waals surface area contributed by atoms with E-state index in [0.717, 1.165) is 0 Å². The molecule has 2 rings (SSSR count). The first-order chi connectivity index (χ1) is 9.13. The number of fused-ring (bicyclic) bond motifs is 1. The van der Waals surface area contributed by atoms with Crippen molar-refractivity contribution in [1.29, 1.82) is 0 Å². The SMILES string of the molecule is CC(CCO)CNc1nc2ccccn2c1C(=O)O. The molecule has 0 aliphatic carbocycles. The minimum absolute atomic E-state index is 0.125. The van der Waals surface area contributed by atoms with Gasteiger partial charge in [0.15, 0.2) is 11.5 Å². The molecule has 0 aromatic carbocycles. The van der Waals surface area contributed by atoms with Gasteiger partial charge in [0, 0.05) is 19.3 Å². The van der Waals surface area contributed by atoms with Gasteiger partial charge in [-0.25, -0.2) is 9.78 Å². The molecule has 2 aromatic rings. The lowest BCUT2D eigenvalue weighted by Crippen LogP contribution is -2.15. The Morgan fingerprint density at radius 1 is 1.53 bits per heavy atom. The summed E-state index contributed by atoms with van der Waals surface area (Å²) in [5.41, 5.74) is 0.726. The number of anilines is 1. The van der Waals surface area contributed by atoms with Crippen LogP contribution in [0.3, 0.4) is 0 Å². The molecule has 3 N–H and O–H groups in total. The number of aromatic nitrogens is 2. The Labute approximate surface area is 110 Å². The van der Waals surface area contributed by atoms with Gasteiger partial charge in [0.1, 0.15) is 5.65 Å². The van der Waals surface area contributed by atoms with Crippen LogP contribution in [0.15, 0.2) is 24.4 Å². The molecule has 0 aliphatic heterocycles. The van der Waals surface area contributed by atoms with Gasteiger partial charge in [0.05, 0.1) is 0 Å². The molecule has 0 saturated heterocycles. The van der Waals surface area contributed by atoms with Gasteiger partial charge in [-0.2, -0.15) is 0 Å². The first kappa shape index (κ1) is 13.4. The fourth-order valence-electron chi connectivity index (χ4n) is 1.92. The van der Waals surface area contributed by atoms with Crippen LogP contribution < -0.4 is 5.32 Å². The van der Waals surface area contributed by atoms with Crippen LogP contribution >= 0.6 is 0 Å². The van der Waals surface area contributed by atoms with Crippen molar-refractivity contribution in [1.82, 2.24) is 9.38 Å². The molecule has 2 aromatic heterocycles. The van der Waals surface area contributed by atoms with Gasteiger partial charge in [-0.15, -0.1) is 0 Å². The number of pyridine rings is 1. The summed E-state index contributed by atoms with van der Waals surface area (Å²) in [4.78, 5) is 15.6. The van der Waals surface area contributed by atoms with E-state index in [4.69, 9.17) is 5.11 Å². The number of carbonyl (C=O) groups is 1. The van der Waals surface area contributed by atoms with E-state index in [-0.39, 0.29) is 18.2 Å².